The van der Waals surface area contributed by atoms with Crippen LogP contribution in [0.4, 0.5) is 0 Å². The van der Waals surface area contributed by atoms with Crippen molar-refractivity contribution < 1.29 is 17.7 Å². The molecule has 4 nitrogen and oxygen atoms in total. The number of hydrogen-bond donors (Lipinski definition) is 1. The molecule has 0 heterocycles. The van der Waals surface area contributed by atoms with Crippen molar-refractivity contribution in [3.05, 3.63) is 22.2 Å². The SMILES string of the molecule is O=S(=O)(Oc1cc(O)c(Cl)cc1Cl)C1CCCCC1. The third-order valence-electron chi connectivity index (χ3n) is 3.17. The second-order valence-corrected chi connectivity index (χ2v) is 7.20. The van der Waals surface area contributed by atoms with Gasteiger partial charge in [0.1, 0.15) is 5.75 Å². The summed E-state index contributed by atoms with van der Waals surface area (Å²) in [5, 5.41) is 9.07. The van der Waals surface area contributed by atoms with Crippen LogP contribution >= 0.6 is 23.2 Å². The second kappa shape index (κ2) is 5.77. The minimum Gasteiger partial charge on any atom is -0.506 e. The maximum absolute atomic E-state index is 12.1. The average Bonchev–Trinajstić information content (AvgIpc) is 2.37. The summed E-state index contributed by atoms with van der Waals surface area (Å²) in [5.41, 5.74) is 0. The van der Waals surface area contributed by atoms with Crippen LogP contribution in [0.3, 0.4) is 0 Å². The standard InChI is InChI=1S/C12H14Cl2O4S/c13-9-6-10(14)12(7-11(9)15)18-19(16,17)8-4-2-1-3-5-8/h6-8,15H,1-5H2. The van der Waals surface area contributed by atoms with Crippen molar-refractivity contribution in [2.75, 3.05) is 0 Å². The van der Waals surface area contributed by atoms with Gasteiger partial charge in [0.25, 0.3) is 0 Å². The smallest absolute Gasteiger partial charge is 0.312 e. The zero-order valence-electron chi connectivity index (χ0n) is 10.1. The van der Waals surface area contributed by atoms with Crippen LogP contribution in [0.25, 0.3) is 0 Å². The van der Waals surface area contributed by atoms with E-state index in [9.17, 15) is 13.5 Å². The van der Waals surface area contributed by atoms with E-state index in [2.05, 4.69) is 0 Å². The molecule has 106 valence electrons. The topological polar surface area (TPSA) is 63.6 Å². The first kappa shape index (κ1) is 14.8. The van der Waals surface area contributed by atoms with E-state index < -0.39 is 15.4 Å². The number of halogens is 2. The van der Waals surface area contributed by atoms with E-state index in [1.807, 2.05) is 0 Å². The van der Waals surface area contributed by atoms with Crippen LogP contribution in [-0.4, -0.2) is 18.8 Å². The Morgan fingerprint density at radius 2 is 1.74 bits per heavy atom. The summed E-state index contributed by atoms with van der Waals surface area (Å²) in [5.74, 6) is -0.353. The van der Waals surface area contributed by atoms with E-state index in [1.165, 1.54) is 6.07 Å². The molecule has 19 heavy (non-hydrogen) atoms. The van der Waals surface area contributed by atoms with Gasteiger partial charge in [-0.05, 0) is 18.9 Å². The third kappa shape index (κ3) is 3.46. The van der Waals surface area contributed by atoms with Gasteiger partial charge in [-0.2, -0.15) is 8.42 Å². The summed E-state index contributed by atoms with van der Waals surface area (Å²) in [6.45, 7) is 0. The van der Waals surface area contributed by atoms with Crippen molar-refractivity contribution in [1.82, 2.24) is 0 Å². The number of phenols is 1. The van der Waals surface area contributed by atoms with Crippen molar-refractivity contribution in [2.24, 2.45) is 0 Å². The molecule has 0 radical (unpaired) electrons. The van der Waals surface area contributed by atoms with E-state index in [4.69, 9.17) is 27.4 Å². The Hall–Kier alpha value is -0.650. The molecule has 0 spiro atoms. The van der Waals surface area contributed by atoms with Gasteiger partial charge in [0.05, 0.1) is 15.3 Å². The highest BCUT2D eigenvalue weighted by Crippen LogP contribution is 2.36. The molecule has 2 rings (SSSR count). The molecule has 0 unspecified atom stereocenters. The predicted molar refractivity (Wildman–Crippen MR) is 74.5 cm³/mol. The summed E-state index contributed by atoms with van der Waals surface area (Å²) in [6, 6.07) is 2.37. The lowest BCUT2D eigenvalue weighted by molar-refractivity contribution is 0.426. The summed E-state index contributed by atoms with van der Waals surface area (Å²) >= 11 is 11.5. The lowest BCUT2D eigenvalue weighted by atomic mass is 10.0. The second-order valence-electron chi connectivity index (χ2n) is 4.57. The monoisotopic (exact) mass is 324 g/mol. The molecule has 1 aliphatic carbocycles. The van der Waals surface area contributed by atoms with Gasteiger partial charge in [0, 0.05) is 6.07 Å². The highest BCUT2D eigenvalue weighted by molar-refractivity contribution is 7.87. The Kier molecular flexibility index (Phi) is 4.48. The van der Waals surface area contributed by atoms with Gasteiger partial charge in [0.15, 0.2) is 5.75 Å². The van der Waals surface area contributed by atoms with Gasteiger partial charge < -0.3 is 9.29 Å². The highest BCUT2D eigenvalue weighted by Gasteiger charge is 2.30. The van der Waals surface area contributed by atoms with Crippen molar-refractivity contribution in [1.29, 1.82) is 0 Å². The van der Waals surface area contributed by atoms with Crippen molar-refractivity contribution in [3.63, 3.8) is 0 Å². The van der Waals surface area contributed by atoms with E-state index in [0.29, 0.717) is 12.8 Å². The van der Waals surface area contributed by atoms with Gasteiger partial charge >= 0.3 is 10.1 Å². The Bertz CT molecular complexity index is 565. The molecular formula is C12H14Cl2O4S. The molecule has 0 atom stereocenters. The predicted octanol–water partition coefficient (Wildman–Crippen LogP) is 3.74. The van der Waals surface area contributed by atoms with E-state index in [0.717, 1.165) is 25.3 Å². The van der Waals surface area contributed by atoms with Gasteiger partial charge in [-0.25, -0.2) is 0 Å². The Balaban J connectivity index is 2.22. The first-order chi connectivity index (χ1) is 8.90. The molecule has 7 heteroatoms. The minimum absolute atomic E-state index is 0.0485. The summed E-state index contributed by atoms with van der Waals surface area (Å²) < 4.78 is 29.2. The fourth-order valence-electron chi connectivity index (χ4n) is 2.13. The van der Waals surface area contributed by atoms with Crippen molar-refractivity contribution in [2.45, 2.75) is 37.4 Å². The molecule has 1 aromatic carbocycles. The number of phenolic OH excluding ortho intramolecular Hbond substituents is 1. The summed E-state index contributed by atoms with van der Waals surface area (Å²) in [6.07, 6.45) is 4.01. The minimum atomic E-state index is -3.73. The van der Waals surface area contributed by atoms with Crippen LogP contribution in [-0.2, 0) is 10.1 Å². The molecule has 0 aromatic heterocycles. The Morgan fingerprint density at radius 1 is 1.11 bits per heavy atom. The average molecular weight is 325 g/mol. The Morgan fingerprint density at radius 3 is 2.37 bits per heavy atom. The molecule has 0 amide bonds. The highest BCUT2D eigenvalue weighted by atomic mass is 35.5. The molecule has 0 saturated heterocycles. The number of aromatic hydroxyl groups is 1. The lowest BCUT2D eigenvalue weighted by Crippen LogP contribution is -2.28. The van der Waals surface area contributed by atoms with Gasteiger partial charge in [-0.15, -0.1) is 0 Å². The quantitative estimate of drug-likeness (QED) is 0.860. The largest absolute Gasteiger partial charge is 0.506 e. The van der Waals surface area contributed by atoms with Crippen LogP contribution in [0.15, 0.2) is 12.1 Å². The van der Waals surface area contributed by atoms with Gasteiger partial charge in [-0.1, -0.05) is 42.5 Å². The first-order valence-corrected chi connectivity index (χ1v) is 8.24. The molecular weight excluding hydrogens is 311 g/mol. The fourth-order valence-corrected chi connectivity index (χ4v) is 4.03. The summed E-state index contributed by atoms with van der Waals surface area (Å²) in [4.78, 5) is 0. The van der Waals surface area contributed by atoms with Gasteiger partial charge in [-0.3, -0.25) is 0 Å². The Labute approximate surface area is 122 Å². The maximum atomic E-state index is 12.1. The van der Waals surface area contributed by atoms with E-state index >= 15 is 0 Å². The number of hydrogen-bond acceptors (Lipinski definition) is 4. The fraction of sp³-hybridized carbons (Fsp3) is 0.500. The van der Waals surface area contributed by atoms with Crippen LogP contribution < -0.4 is 4.18 Å². The third-order valence-corrected chi connectivity index (χ3v) is 5.47. The van der Waals surface area contributed by atoms with Crippen LogP contribution in [0.1, 0.15) is 32.1 Å². The van der Waals surface area contributed by atoms with Crippen molar-refractivity contribution in [3.8, 4) is 11.5 Å². The number of benzene rings is 1. The normalized spacial score (nSPS) is 17.4. The molecule has 1 aliphatic rings. The molecule has 1 saturated carbocycles. The molecule has 1 fully saturated rings. The number of rotatable bonds is 3. The maximum Gasteiger partial charge on any atom is 0.312 e. The lowest BCUT2D eigenvalue weighted by Gasteiger charge is -2.21. The van der Waals surface area contributed by atoms with Gasteiger partial charge in [0.2, 0.25) is 0 Å². The molecule has 0 aliphatic heterocycles. The molecule has 1 N–H and O–H groups in total. The van der Waals surface area contributed by atoms with Crippen LogP contribution in [0.5, 0.6) is 11.5 Å². The molecule has 0 bridgehead atoms. The van der Waals surface area contributed by atoms with E-state index in [-0.39, 0.29) is 21.5 Å². The zero-order valence-corrected chi connectivity index (χ0v) is 12.4. The van der Waals surface area contributed by atoms with Crippen LogP contribution in [0, 0.1) is 0 Å². The zero-order chi connectivity index (χ0) is 14.0. The van der Waals surface area contributed by atoms with Crippen LogP contribution in [0.2, 0.25) is 10.0 Å². The summed E-state index contributed by atoms with van der Waals surface area (Å²) in [7, 11) is -3.73. The van der Waals surface area contributed by atoms with Crippen molar-refractivity contribution >= 4 is 33.3 Å². The molecule has 1 aromatic rings. The van der Waals surface area contributed by atoms with E-state index in [1.54, 1.807) is 0 Å². The first-order valence-electron chi connectivity index (χ1n) is 6.01.